The SMILES string of the molecule is COc1ccc(C2CC(C(=O)O)CN2)c(SC)c1OC. The quantitative estimate of drug-likeness (QED) is 0.812. The number of ether oxygens (including phenoxy) is 2. The Morgan fingerprint density at radius 2 is 2.15 bits per heavy atom. The van der Waals surface area contributed by atoms with Crippen LogP contribution >= 0.6 is 11.8 Å². The fourth-order valence-corrected chi connectivity index (χ4v) is 3.37. The van der Waals surface area contributed by atoms with E-state index in [4.69, 9.17) is 14.6 Å². The van der Waals surface area contributed by atoms with Gasteiger partial charge in [-0.05, 0) is 24.3 Å². The van der Waals surface area contributed by atoms with Crippen LogP contribution in [0.25, 0.3) is 0 Å². The van der Waals surface area contributed by atoms with Crippen molar-refractivity contribution in [3.63, 3.8) is 0 Å². The van der Waals surface area contributed by atoms with Gasteiger partial charge in [0.15, 0.2) is 11.5 Å². The largest absolute Gasteiger partial charge is 0.493 e. The molecule has 0 amide bonds. The molecular formula is C14H19NO4S. The number of nitrogens with one attached hydrogen (secondary N) is 1. The van der Waals surface area contributed by atoms with Crippen molar-refractivity contribution in [1.82, 2.24) is 5.32 Å². The smallest absolute Gasteiger partial charge is 0.307 e. The van der Waals surface area contributed by atoms with Crippen LogP contribution in [0.4, 0.5) is 0 Å². The lowest BCUT2D eigenvalue weighted by Crippen LogP contribution is -2.17. The van der Waals surface area contributed by atoms with E-state index >= 15 is 0 Å². The van der Waals surface area contributed by atoms with Gasteiger partial charge in [-0.2, -0.15) is 0 Å². The van der Waals surface area contributed by atoms with E-state index in [0.29, 0.717) is 24.5 Å². The maximum absolute atomic E-state index is 11.1. The zero-order valence-electron chi connectivity index (χ0n) is 11.8. The monoisotopic (exact) mass is 297 g/mol. The summed E-state index contributed by atoms with van der Waals surface area (Å²) < 4.78 is 10.7. The molecule has 0 aromatic heterocycles. The number of benzene rings is 1. The van der Waals surface area contributed by atoms with Gasteiger partial charge in [-0.15, -0.1) is 11.8 Å². The van der Waals surface area contributed by atoms with Crippen molar-refractivity contribution in [2.75, 3.05) is 27.0 Å². The molecule has 1 aliphatic heterocycles. The lowest BCUT2D eigenvalue weighted by molar-refractivity contribution is -0.141. The number of rotatable bonds is 5. The van der Waals surface area contributed by atoms with Gasteiger partial charge in [0.25, 0.3) is 0 Å². The van der Waals surface area contributed by atoms with Crippen LogP contribution < -0.4 is 14.8 Å². The molecule has 1 aromatic rings. The summed E-state index contributed by atoms with van der Waals surface area (Å²) in [6.45, 7) is 0.502. The summed E-state index contributed by atoms with van der Waals surface area (Å²) in [6.07, 6.45) is 2.57. The zero-order valence-corrected chi connectivity index (χ0v) is 12.6. The predicted molar refractivity (Wildman–Crippen MR) is 77.8 cm³/mol. The normalized spacial score (nSPS) is 21.8. The molecule has 0 spiro atoms. The maximum atomic E-state index is 11.1. The van der Waals surface area contributed by atoms with Gasteiger partial charge >= 0.3 is 5.97 Å². The van der Waals surface area contributed by atoms with Crippen LogP contribution in [0.5, 0.6) is 11.5 Å². The van der Waals surface area contributed by atoms with Crippen LogP contribution in [0.1, 0.15) is 18.0 Å². The summed E-state index contributed by atoms with van der Waals surface area (Å²) in [5.41, 5.74) is 1.07. The molecule has 0 radical (unpaired) electrons. The molecule has 1 aliphatic rings. The molecule has 2 unspecified atom stereocenters. The van der Waals surface area contributed by atoms with E-state index < -0.39 is 5.97 Å². The van der Waals surface area contributed by atoms with Gasteiger partial charge in [0, 0.05) is 12.6 Å². The van der Waals surface area contributed by atoms with Crippen LogP contribution in [0.3, 0.4) is 0 Å². The molecule has 2 atom stereocenters. The molecule has 6 heteroatoms. The second-order valence-electron chi connectivity index (χ2n) is 4.66. The lowest BCUT2D eigenvalue weighted by atomic mass is 9.99. The minimum absolute atomic E-state index is 0.0401. The third kappa shape index (κ3) is 2.71. The highest BCUT2D eigenvalue weighted by atomic mass is 32.2. The first kappa shape index (κ1) is 15.0. The number of carboxylic acid groups (broad SMARTS) is 1. The maximum Gasteiger partial charge on any atom is 0.307 e. The molecule has 0 bridgehead atoms. The summed E-state index contributed by atoms with van der Waals surface area (Å²) in [6, 6.07) is 3.89. The first-order chi connectivity index (χ1) is 9.62. The van der Waals surface area contributed by atoms with Crippen molar-refractivity contribution in [3.8, 4) is 11.5 Å². The van der Waals surface area contributed by atoms with Gasteiger partial charge in [-0.1, -0.05) is 6.07 Å². The summed E-state index contributed by atoms with van der Waals surface area (Å²) in [7, 11) is 3.22. The fraction of sp³-hybridized carbons (Fsp3) is 0.500. The Kier molecular flexibility index (Phi) is 4.77. The van der Waals surface area contributed by atoms with Crippen LogP contribution in [0.2, 0.25) is 0 Å². The van der Waals surface area contributed by atoms with Gasteiger partial charge in [0.1, 0.15) is 0 Å². The number of aliphatic carboxylic acids is 1. The van der Waals surface area contributed by atoms with E-state index in [1.165, 1.54) is 0 Å². The Morgan fingerprint density at radius 1 is 1.40 bits per heavy atom. The van der Waals surface area contributed by atoms with E-state index in [9.17, 15) is 4.79 Å². The Balaban J connectivity index is 2.35. The second kappa shape index (κ2) is 6.37. The van der Waals surface area contributed by atoms with E-state index in [0.717, 1.165) is 10.5 Å². The molecule has 1 heterocycles. The average molecular weight is 297 g/mol. The van der Waals surface area contributed by atoms with E-state index in [1.54, 1.807) is 26.0 Å². The molecular weight excluding hydrogens is 278 g/mol. The lowest BCUT2D eigenvalue weighted by Gasteiger charge is -2.19. The summed E-state index contributed by atoms with van der Waals surface area (Å²) in [5.74, 6) is 0.320. The molecule has 0 aliphatic carbocycles. The Bertz CT molecular complexity index is 506. The number of methoxy groups -OCH3 is 2. The van der Waals surface area contributed by atoms with Crippen LogP contribution in [0, 0.1) is 5.92 Å². The molecule has 1 aromatic carbocycles. The Labute approximate surface area is 122 Å². The third-order valence-corrected chi connectivity index (χ3v) is 4.42. The zero-order chi connectivity index (χ0) is 14.7. The van der Waals surface area contributed by atoms with Crippen LogP contribution in [-0.2, 0) is 4.79 Å². The Hall–Kier alpha value is -1.40. The minimum Gasteiger partial charge on any atom is -0.493 e. The van der Waals surface area contributed by atoms with Crippen LogP contribution in [0.15, 0.2) is 17.0 Å². The number of carboxylic acids is 1. The molecule has 110 valence electrons. The minimum atomic E-state index is -0.744. The molecule has 5 nitrogen and oxygen atoms in total. The molecule has 2 N–H and O–H groups in total. The van der Waals surface area contributed by atoms with Gasteiger partial charge in [0.05, 0.1) is 25.0 Å². The number of thioether (sulfide) groups is 1. The topological polar surface area (TPSA) is 67.8 Å². The molecule has 0 saturated carbocycles. The van der Waals surface area contributed by atoms with Crippen molar-refractivity contribution < 1.29 is 19.4 Å². The van der Waals surface area contributed by atoms with Crippen molar-refractivity contribution in [2.45, 2.75) is 17.4 Å². The average Bonchev–Trinajstić information content (AvgIpc) is 2.95. The molecule has 2 rings (SSSR count). The predicted octanol–water partition coefficient (Wildman–Crippen LogP) is 2.16. The van der Waals surface area contributed by atoms with Crippen molar-refractivity contribution in [1.29, 1.82) is 0 Å². The second-order valence-corrected chi connectivity index (χ2v) is 5.47. The van der Waals surface area contributed by atoms with Crippen molar-refractivity contribution >= 4 is 17.7 Å². The highest BCUT2D eigenvalue weighted by molar-refractivity contribution is 7.98. The first-order valence-electron chi connectivity index (χ1n) is 6.37. The van der Waals surface area contributed by atoms with Gasteiger partial charge in [-0.25, -0.2) is 0 Å². The highest BCUT2D eigenvalue weighted by Crippen LogP contribution is 2.43. The standard InChI is InChI=1S/C14H19NO4S/c1-18-11-5-4-9(13(20-3)12(11)19-2)10-6-8(7-15-10)14(16)17/h4-5,8,10,15H,6-7H2,1-3H3,(H,16,17). The van der Waals surface area contributed by atoms with Crippen LogP contribution in [-0.4, -0.2) is 38.1 Å². The van der Waals surface area contributed by atoms with Crippen molar-refractivity contribution in [2.24, 2.45) is 5.92 Å². The fourth-order valence-electron chi connectivity index (χ4n) is 2.56. The molecule has 20 heavy (non-hydrogen) atoms. The van der Waals surface area contributed by atoms with Crippen molar-refractivity contribution in [3.05, 3.63) is 17.7 Å². The summed E-state index contributed by atoms with van der Waals surface area (Å²) in [4.78, 5) is 12.1. The third-order valence-electron chi connectivity index (χ3n) is 3.59. The highest BCUT2D eigenvalue weighted by Gasteiger charge is 2.32. The first-order valence-corrected chi connectivity index (χ1v) is 7.59. The Morgan fingerprint density at radius 3 is 2.65 bits per heavy atom. The molecule has 1 fully saturated rings. The van der Waals surface area contributed by atoms with Gasteiger partial charge < -0.3 is 19.9 Å². The number of hydrogen-bond donors (Lipinski definition) is 2. The van der Waals surface area contributed by atoms with Gasteiger partial charge in [-0.3, -0.25) is 4.79 Å². The molecule has 1 saturated heterocycles. The van der Waals surface area contributed by atoms with E-state index in [1.807, 2.05) is 18.4 Å². The summed E-state index contributed by atoms with van der Waals surface area (Å²) in [5, 5.41) is 12.4. The number of hydrogen-bond acceptors (Lipinski definition) is 5. The van der Waals surface area contributed by atoms with Gasteiger partial charge in [0.2, 0.25) is 0 Å². The summed E-state index contributed by atoms with van der Waals surface area (Å²) >= 11 is 1.58. The van der Waals surface area contributed by atoms with E-state index in [-0.39, 0.29) is 12.0 Å². The number of carbonyl (C=O) groups is 1. The van der Waals surface area contributed by atoms with E-state index in [2.05, 4.69) is 5.32 Å².